The highest BCUT2D eigenvalue weighted by Gasteiger charge is 2.10. The number of aromatic nitrogens is 2. The molecule has 1 amide bonds. The van der Waals surface area contributed by atoms with Gasteiger partial charge in [-0.15, -0.1) is 0 Å². The maximum absolute atomic E-state index is 12.2. The van der Waals surface area contributed by atoms with Gasteiger partial charge in [0.25, 0.3) is 11.5 Å². The highest BCUT2D eigenvalue weighted by atomic mass is 127. The van der Waals surface area contributed by atoms with Crippen LogP contribution >= 0.6 is 22.6 Å². The van der Waals surface area contributed by atoms with Crippen molar-refractivity contribution in [3.05, 3.63) is 68.3 Å². The molecule has 0 spiro atoms. The van der Waals surface area contributed by atoms with E-state index >= 15 is 0 Å². The summed E-state index contributed by atoms with van der Waals surface area (Å²) in [4.78, 5) is 30.5. The number of nitrogens with zero attached hydrogens (tertiary/aromatic N) is 1. The van der Waals surface area contributed by atoms with Crippen molar-refractivity contribution >= 4 is 45.1 Å². The minimum absolute atomic E-state index is 0.209. The fraction of sp³-hybridized carbons (Fsp3) is 0. The van der Waals surface area contributed by atoms with Crippen LogP contribution < -0.4 is 10.9 Å². The van der Waals surface area contributed by atoms with E-state index in [0.717, 1.165) is 3.57 Å². The van der Waals surface area contributed by atoms with Crippen molar-refractivity contribution in [1.82, 2.24) is 9.97 Å². The molecule has 0 aliphatic carbocycles. The third kappa shape index (κ3) is 2.80. The first-order chi connectivity index (χ1) is 10.1. The molecule has 0 unspecified atom stereocenters. The molecule has 0 saturated heterocycles. The van der Waals surface area contributed by atoms with Crippen LogP contribution in [0.25, 0.3) is 10.9 Å². The van der Waals surface area contributed by atoms with Crippen molar-refractivity contribution in [3.8, 4) is 0 Å². The Balaban J connectivity index is 1.95. The summed E-state index contributed by atoms with van der Waals surface area (Å²) in [6, 6.07) is 12.4. The number of anilines is 1. The molecule has 0 aliphatic heterocycles. The minimum Gasteiger partial charge on any atom is -0.322 e. The van der Waals surface area contributed by atoms with Crippen LogP contribution in [0.3, 0.4) is 0 Å². The number of benzene rings is 2. The normalized spacial score (nSPS) is 10.5. The van der Waals surface area contributed by atoms with Gasteiger partial charge in [-0.3, -0.25) is 9.59 Å². The first-order valence-corrected chi connectivity index (χ1v) is 7.26. The smallest absolute Gasteiger partial charge is 0.258 e. The summed E-state index contributed by atoms with van der Waals surface area (Å²) in [6.07, 6.45) is 1.36. The lowest BCUT2D eigenvalue weighted by Crippen LogP contribution is -2.14. The maximum atomic E-state index is 12.2. The molecular formula is C15H10IN3O2. The summed E-state index contributed by atoms with van der Waals surface area (Å²) >= 11 is 2.11. The van der Waals surface area contributed by atoms with Crippen molar-refractivity contribution in [2.75, 3.05) is 5.32 Å². The van der Waals surface area contributed by atoms with Crippen LogP contribution in [0, 0.1) is 3.57 Å². The summed E-state index contributed by atoms with van der Waals surface area (Å²) in [5, 5.41) is 3.24. The molecule has 0 fully saturated rings. The van der Waals surface area contributed by atoms with E-state index in [1.807, 2.05) is 18.2 Å². The largest absolute Gasteiger partial charge is 0.322 e. The van der Waals surface area contributed by atoms with Crippen LogP contribution in [0.15, 0.2) is 53.6 Å². The first kappa shape index (κ1) is 13.7. The summed E-state index contributed by atoms with van der Waals surface area (Å²) in [5.74, 6) is -0.209. The van der Waals surface area contributed by atoms with Crippen molar-refractivity contribution in [2.45, 2.75) is 0 Å². The molecule has 3 aromatic rings. The van der Waals surface area contributed by atoms with Gasteiger partial charge in [-0.2, -0.15) is 0 Å². The Kier molecular flexibility index (Phi) is 3.70. The molecule has 3 rings (SSSR count). The van der Waals surface area contributed by atoms with E-state index in [1.165, 1.54) is 6.33 Å². The number of hydrogen-bond acceptors (Lipinski definition) is 3. The van der Waals surface area contributed by atoms with E-state index in [4.69, 9.17) is 0 Å². The SMILES string of the molecule is O=C(Nc1ccc2nc[nH]c(=O)c2c1)c1ccccc1I. The molecule has 0 bridgehead atoms. The average Bonchev–Trinajstić information content (AvgIpc) is 2.48. The maximum Gasteiger partial charge on any atom is 0.258 e. The Morgan fingerprint density at radius 1 is 1.19 bits per heavy atom. The molecule has 0 saturated carbocycles. The Labute approximate surface area is 133 Å². The lowest BCUT2D eigenvalue weighted by molar-refractivity contribution is 0.102. The van der Waals surface area contributed by atoms with Crippen molar-refractivity contribution in [1.29, 1.82) is 0 Å². The topological polar surface area (TPSA) is 74.8 Å². The van der Waals surface area contributed by atoms with Gasteiger partial charge in [0.1, 0.15) is 0 Å². The number of hydrogen-bond donors (Lipinski definition) is 2. The molecule has 104 valence electrons. The Morgan fingerprint density at radius 3 is 2.81 bits per heavy atom. The summed E-state index contributed by atoms with van der Waals surface area (Å²) in [5.41, 5.74) is 1.51. The lowest BCUT2D eigenvalue weighted by atomic mass is 10.2. The van der Waals surface area contributed by atoms with E-state index in [2.05, 4.69) is 37.9 Å². The zero-order chi connectivity index (χ0) is 14.8. The van der Waals surface area contributed by atoms with Crippen LogP contribution in [0.2, 0.25) is 0 Å². The average molecular weight is 391 g/mol. The predicted octanol–water partition coefficient (Wildman–Crippen LogP) is 2.78. The Hall–Kier alpha value is -2.22. The summed E-state index contributed by atoms with van der Waals surface area (Å²) in [6.45, 7) is 0. The monoisotopic (exact) mass is 391 g/mol. The number of fused-ring (bicyclic) bond motifs is 1. The molecule has 2 aromatic carbocycles. The van der Waals surface area contributed by atoms with E-state index in [0.29, 0.717) is 22.2 Å². The van der Waals surface area contributed by atoms with Crippen molar-refractivity contribution < 1.29 is 4.79 Å². The highest BCUT2D eigenvalue weighted by Crippen LogP contribution is 2.17. The number of H-pyrrole nitrogens is 1. The van der Waals surface area contributed by atoms with Gasteiger partial charge in [0.05, 0.1) is 22.8 Å². The van der Waals surface area contributed by atoms with Crippen LogP contribution in [-0.4, -0.2) is 15.9 Å². The van der Waals surface area contributed by atoms with Gasteiger partial charge in [0, 0.05) is 9.26 Å². The number of carbonyl (C=O) groups is 1. The molecular weight excluding hydrogens is 381 g/mol. The number of halogens is 1. The lowest BCUT2D eigenvalue weighted by Gasteiger charge is -2.07. The third-order valence-electron chi connectivity index (χ3n) is 3.02. The van der Waals surface area contributed by atoms with Gasteiger partial charge >= 0.3 is 0 Å². The fourth-order valence-corrected chi connectivity index (χ4v) is 2.62. The zero-order valence-corrected chi connectivity index (χ0v) is 12.9. The second-order valence-corrected chi connectivity index (χ2v) is 5.56. The Morgan fingerprint density at radius 2 is 2.00 bits per heavy atom. The minimum atomic E-state index is -0.231. The van der Waals surface area contributed by atoms with Crippen molar-refractivity contribution in [3.63, 3.8) is 0 Å². The van der Waals surface area contributed by atoms with Crippen LogP contribution in [0.1, 0.15) is 10.4 Å². The van der Waals surface area contributed by atoms with Gasteiger partial charge in [-0.1, -0.05) is 12.1 Å². The molecule has 0 aliphatic rings. The first-order valence-electron chi connectivity index (χ1n) is 6.18. The van der Waals surface area contributed by atoms with E-state index in [-0.39, 0.29) is 11.5 Å². The van der Waals surface area contributed by atoms with Crippen LogP contribution in [0.5, 0.6) is 0 Å². The Bertz CT molecular complexity index is 889. The molecule has 0 atom stereocenters. The number of amides is 1. The predicted molar refractivity (Wildman–Crippen MR) is 89.5 cm³/mol. The number of rotatable bonds is 2. The zero-order valence-electron chi connectivity index (χ0n) is 10.8. The summed E-state index contributed by atoms with van der Waals surface area (Å²) in [7, 11) is 0. The van der Waals surface area contributed by atoms with E-state index in [9.17, 15) is 9.59 Å². The molecule has 0 radical (unpaired) electrons. The quantitative estimate of drug-likeness (QED) is 0.660. The molecule has 1 aromatic heterocycles. The van der Waals surface area contributed by atoms with Crippen LogP contribution in [0.4, 0.5) is 5.69 Å². The van der Waals surface area contributed by atoms with E-state index < -0.39 is 0 Å². The van der Waals surface area contributed by atoms with Gasteiger partial charge < -0.3 is 10.3 Å². The molecule has 1 heterocycles. The molecule has 6 heteroatoms. The van der Waals surface area contributed by atoms with Gasteiger partial charge in [0.2, 0.25) is 0 Å². The second kappa shape index (κ2) is 5.65. The van der Waals surface area contributed by atoms with Gasteiger partial charge in [0.15, 0.2) is 0 Å². The van der Waals surface area contributed by atoms with Gasteiger partial charge in [-0.05, 0) is 52.9 Å². The highest BCUT2D eigenvalue weighted by molar-refractivity contribution is 14.1. The number of nitrogens with one attached hydrogen (secondary N) is 2. The standard InChI is InChI=1S/C15H10IN3O2/c16-12-4-2-1-3-10(12)15(21)19-9-5-6-13-11(7-9)14(20)18-8-17-13/h1-8H,(H,19,21)(H,17,18,20). The second-order valence-electron chi connectivity index (χ2n) is 4.40. The van der Waals surface area contributed by atoms with E-state index in [1.54, 1.807) is 24.3 Å². The fourth-order valence-electron chi connectivity index (χ4n) is 1.99. The molecule has 5 nitrogen and oxygen atoms in total. The molecule has 21 heavy (non-hydrogen) atoms. The van der Waals surface area contributed by atoms with Gasteiger partial charge in [-0.25, -0.2) is 4.98 Å². The third-order valence-corrected chi connectivity index (χ3v) is 3.96. The van der Waals surface area contributed by atoms with Crippen LogP contribution in [-0.2, 0) is 0 Å². The number of aromatic amines is 1. The molecule has 2 N–H and O–H groups in total. The number of carbonyl (C=O) groups excluding carboxylic acids is 1. The van der Waals surface area contributed by atoms with Crippen molar-refractivity contribution in [2.24, 2.45) is 0 Å². The summed E-state index contributed by atoms with van der Waals surface area (Å²) < 4.78 is 0.868.